The van der Waals surface area contributed by atoms with Crippen molar-refractivity contribution in [3.63, 3.8) is 0 Å². The van der Waals surface area contributed by atoms with E-state index in [1.54, 1.807) is 0 Å². The van der Waals surface area contributed by atoms with Crippen LogP contribution in [0.15, 0.2) is 30.3 Å². The van der Waals surface area contributed by atoms with Crippen LogP contribution in [0.4, 0.5) is 0 Å². The average molecular weight is 276 g/mol. The van der Waals surface area contributed by atoms with E-state index in [-0.39, 0.29) is 11.3 Å². The molecule has 0 bridgehead atoms. The second kappa shape index (κ2) is 8.75. The first-order chi connectivity index (χ1) is 9.47. The minimum atomic E-state index is 0.0627. The van der Waals surface area contributed by atoms with Gasteiger partial charge in [0, 0.05) is 19.5 Å². The summed E-state index contributed by atoms with van der Waals surface area (Å²) in [5.41, 5.74) is 1.44. The summed E-state index contributed by atoms with van der Waals surface area (Å²) in [5.74, 6) is 0.142. The Morgan fingerprint density at radius 2 is 1.75 bits per heavy atom. The summed E-state index contributed by atoms with van der Waals surface area (Å²) in [6, 6.07) is 10.5. The maximum absolute atomic E-state index is 11.6. The van der Waals surface area contributed by atoms with Gasteiger partial charge in [-0.15, -0.1) is 0 Å². The smallest absolute Gasteiger partial charge is 0.220 e. The van der Waals surface area contributed by atoms with Crippen molar-refractivity contribution in [1.82, 2.24) is 10.6 Å². The highest BCUT2D eigenvalue weighted by Gasteiger charge is 2.14. The first kappa shape index (κ1) is 16.7. The topological polar surface area (TPSA) is 41.1 Å². The maximum atomic E-state index is 11.6. The van der Waals surface area contributed by atoms with Crippen LogP contribution in [0.2, 0.25) is 0 Å². The number of rotatable bonds is 8. The predicted molar refractivity (Wildman–Crippen MR) is 84.7 cm³/mol. The summed E-state index contributed by atoms with van der Waals surface area (Å²) < 4.78 is 0. The molecule has 0 saturated heterocycles. The van der Waals surface area contributed by atoms with Crippen molar-refractivity contribution in [3.8, 4) is 0 Å². The number of benzene rings is 1. The summed E-state index contributed by atoms with van der Waals surface area (Å²) in [5, 5.41) is 6.31. The molecule has 0 fully saturated rings. The molecule has 1 aromatic rings. The Labute approximate surface area is 123 Å². The molecule has 0 unspecified atom stereocenters. The van der Waals surface area contributed by atoms with Crippen molar-refractivity contribution in [1.29, 1.82) is 0 Å². The van der Waals surface area contributed by atoms with Crippen LogP contribution in [0.1, 0.15) is 39.2 Å². The molecular formula is C17H28N2O. The Balaban J connectivity index is 1.96. The molecule has 0 aliphatic rings. The molecule has 1 aromatic carbocycles. The van der Waals surface area contributed by atoms with Gasteiger partial charge in [0.2, 0.25) is 5.91 Å². The second-order valence-corrected chi connectivity index (χ2v) is 6.43. The summed E-state index contributed by atoms with van der Waals surface area (Å²) >= 11 is 0. The van der Waals surface area contributed by atoms with Crippen molar-refractivity contribution in [2.75, 3.05) is 19.6 Å². The normalized spacial score (nSPS) is 11.3. The minimum absolute atomic E-state index is 0.0627. The lowest BCUT2D eigenvalue weighted by Gasteiger charge is -2.17. The van der Waals surface area contributed by atoms with E-state index in [1.807, 2.05) is 6.07 Å². The highest BCUT2D eigenvalue weighted by molar-refractivity contribution is 5.76. The number of hydrogen-bond acceptors (Lipinski definition) is 2. The number of amides is 1. The highest BCUT2D eigenvalue weighted by atomic mass is 16.1. The molecule has 0 radical (unpaired) electrons. The summed E-state index contributed by atoms with van der Waals surface area (Å²) in [7, 11) is 0. The molecule has 0 spiro atoms. The monoisotopic (exact) mass is 276 g/mol. The van der Waals surface area contributed by atoms with Gasteiger partial charge in [0.1, 0.15) is 0 Å². The number of carbonyl (C=O) groups is 1. The van der Waals surface area contributed by atoms with E-state index in [0.29, 0.717) is 13.0 Å². The second-order valence-electron chi connectivity index (χ2n) is 6.43. The number of hydrogen-bond donors (Lipinski definition) is 2. The van der Waals surface area contributed by atoms with Crippen LogP contribution in [0, 0.1) is 5.41 Å². The van der Waals surface area contributed by atoms with E-state index in [1.165, 1.54) is 5.56 Å². The van der Waals surface area contributed by atoms with Crippen LogP contribution in [0.25, 0.3) is 0 Å². The Morgan fingerprint density at radius 1 is 1.05 bits per heavy atom. The van der Waals surface area contributed by atoms with Crippen LogP contribution in [0.5, 0.6) is 0 Å². The van der Waals surface area contributed by atoms with Crippen molar-refractivity contribution >= 4 is 5.91 Å². The van der Waals surface area contributed by atoms with Crippen molar-refractivity contribution < 1.29 is 4.79 Å². The summed E-state index contributed by atoms with van der Waals surface area (Å²) in [4.78, 5) is 11.6. The third-order valence-corrected chi connectivity index (χ3v) is 2.98. The predicted octanol–water partition coefficient (Wildman–Crippen LogP) is 2.76. The first-order valence-electron chi connectivity index (χ1n) is 7.49. The van der Waals surface area contributed by atoms with Gasteiger partial charge < -0.3 is 10.6 Å². The molecule has 0 aromatic heterocycles. The van der Waals surface area contributed by atoms with Gasteiger partial charge in [-0.2, -0.15) is 0 Å². The van der Waals surface area contributed by atoms with Crippen molar-refractivity contribution in [3.05, 3.63) is 35.9 Å². The van der Waals surface area contributed by atoms with Crippen molar-refractivity contribution in [2.24, 2.45) is 5.41 Å². The molecule has 0 aliphatic carbocycles. The standard InChI is InChI=1S/C17H28N2O/c1-17(2,3)14-16(20)19-13-12-18-11-7-10-15-8-5-4-6-9-15/h4-6,8-9,18H,7,10-14H2,1-3H3,(H,19,20). The fourth-order valence-electron chi connectivity index (χ4n) is 2.02. The van der Waals surface area contributed by atoms with Crippen LogP contribution in [-0.2, 0) is 11.2 Å². The molecule has 112 valence electrons. The molecule has 0 heterocycles. The van der Waals surface area contributed by atoms with Gasteiger partial charge in [-0.3, -0.25) is 4.79 Å². The zero-order valence-electron chi connectivity index (χ0n) is 13.0. The zero-order valence-corrected chi connectivity index (χ0v) is 13.0. The SMILES string of the molecule is CC(C)(C)CC(=O)NCCNCCCc1ccccc1. The van der Waals surface area contributed by atoms with E-state index in [4.69, 9.17) is 0 Å². The summed E-state index contributed by atoms with van der Waals surface area (Å²) in [6.07, 6.45) is 2.81. The lowest BCUT2D eigenvalue weighted by atomic mass is 9.92. The largest absolute Gasteiger partial charge is 0.355 e. The van der Waals surface area contributed by atoms with Gasteiger partial charge in [0.05, 0.1) is 0 Å². The third kappa shape index (κ3) is 8.70. The molecule has 0 atom stereocenters. The lowest BCUT2D eigenvalue weighted by Crippen LogP contribution is -2.34. The molecule has 3 nitrogen and oxygen atoms in total. The number of aryl methyl sites for hydroxylation is 1. The zero-order chi connectivity index (χ0) is 14.8. The molecule has 1 amide bonds. The van der Waals surface area contributed by atoms with E-state index in [9.17, 15) is 4.79 Å². The number of carbonyl (C=O) groups excluding carboxylic acids is 1. The quantitative estimate of drug-likeness (QED) is 0.717. The highest BCUT2D eigenvalue weighted by Crippen LogP contribution is 2.17. The third-order valence-electron chi connectivity index (χ3n) is 2.98. The van der Waals surface area contributed by atoms with Crippen LogP contribution >= 0.6 is 0 Å². The molecule has 0 saturated carbocycles. The van der Waals surface area contributed by atoms with Gasteiger partial charge >= 0.3 is 0 Å². The molecular weight excluding hydrogens is 248 g/mol. The van der Waals surface area contributed by atoms with Crippen LogP contribution in [0.3, 0.4) is 0 Å². The molecule has 3 heteroatoms. The van der Waals surface area contributed by atoms with Crippen molar-refractivity contribution in [2.45, 2.75) is 40.0 Å². The first-order valence-corrected chi connectivity index (χ1v) is 7.49. The minimum Gasteiger partial charge on any atom is -0.355 e. The maximum Gasteiger partial charge on any atom is 0.220 e. The Morgan fingerprint density at radius 3 is 2.40 bits per heavy atom. The van der Waals surface area contributed by atoms with Gasteiger partial charge in [-0.25, -0.2) is 0 Å². The molecule has 2 N–H and O–H groups in total. The van der Waals surface area contributed by atoms with Crippen LogP contribution < -0.4 is 10.6 Å². The van der Waals surface area contributed by atoms with Gasteiger partial charge in [-0.05, 0) is 30.4 Å². The number of nitrogens with one attached hydrogen (secondary N) is 2. The fraction of sp³-hybridized carbons (Fsp3) is 0.588. The molecule has 0 aliphatic heterocycles. The fourth-order valence-corrected chi connectivity index (χ4v) is 2.02. The molecule has 1 rings (SSSR count). The molecule has 20 heavy (non-hydrogen) atoms. The van der Waals surface area contributed by atoms with E-state index in [2.05, 4.69) is 55.7 Å². The Bertz CT molecular complexity index is 382. The average Bonchev–Trinajstić information content (AvgIpc) is 2.37. The Kier molecular flexibility index (Phi) is 7.31. The van der Waals surface area contributed by atoms with Gasteiger partial charge in [0.25, 0.3) is 0 Å². The van der Waals surface area contributed by atoms with E-state index in [0.717, 1.165) is 25.9 Å². The lowest BCUT2D eigenvalue weighted by molar-refractivity contribution is -0.122. The van der Waals surface area contributed by atoms with E-state index >= 15 is 0 Å². The Hall–Kier alpha value is -1.35. The van der Waals surface area contributed by atoms with E-state index < -0.39 is 0 Å². The summed E-state index contributed by atoms with van der Waals surface area (Å²) in [6.45, 7) is 8.77. The van der Waals surface area contributed by atoms with Gasteiger partial charge in [0.15, 0.2) is 0 Å². The van der Waals surface area contributed by atoms with Crippen LogP contribution in [-0.4, -0.2) is 25.5 Å². The van der Waals surface area contributed by atoms with Gasteiger partial charge in [-0.1, -0.05) is 51.1 Å².